The number of anilines is 1. The van der Waals surface area contributed by atoms with Crippen molar-refractivity contribution in [2.24, 2.45) is 0 Å². The smallest absolute Gasteiger partial charge is 0.339 e. The van der Waals surface area contributed by atoms with Crippen molar-refractivity contribution < 1.29 is 23.4 Å². The van der Waals surface area contributed by atoms with Gasteiger partial charge in [0.25, 0.3) is 10.0 Å². The number of carbonyl (C=O) groups is 1. The van der Waals surface area contributed by atoms with Crippen molar-refractivity contribution in [3.8, 4) is 11.8 Å². The zero-order valence-electron chi connectivity index (χ0n) is 10.3. The maximum Gasteiger partial charge on any atom is 0.339 e. The highest BCUT2D eigenvalue weighted by atomic mass is 32.2. The molecule has 0 saturated carbocycles. The number of nitrogens with one attached hydrogen (secondary N) is 1. The summed E-state index contributed by atoms with van der Waals surface area (Å²) >= 11 is 0.803. The predicted molar refractivity (Wildman–Crippen MR) is 74.9 cm³/mol. The second-order valence-electron chi connectivity index (χ2n) is 3.87. The highest BCUT2D eigenvalue weighted by molar-refractivity contribution is 7.94. The molecule has 1 aromatic heterocycles. The summed E-state index contributed by atoms with van der Waals surface area (Å²) in [5.74, 6) is -1.87. The van der Waals surface area contributed by atoms with E-state index in [0.717, 1.165) is 23.5 Å². The predicted octanol–water partition coefficient (Wildman–Crippen LogP) is 1.82. The highest BCUT2D eigenvalue weighted by Gasteiger charge is 2.18. The van der Waals surface area contributed by atoms with Gasteiger partial charge in [-0.2, -0.15) is 5.26 Å². The Morgan fingerprint density at radius 3 is 2.52 bits per heavy atom. The van der Waals surface area contributed by atoms with E-state index in [1.165, 1.54) is 18.2 Å². The molecule has 2 aromatic rings. The van der Waals surface area contributed by atoms with Crippen molar-refractivity contribution in [2.45, 2.75) is 4.21 Å². The number of hydrogen-bond acceptors (Lipinski definition) is 6. The van der Waals surface area contributed by atoms with Gasteiger partial charge in [-0.15, -0.1) is 11.3 Å². The summed E-state index contributed by atoms with van der Waals surface area (Å²) in [7, 11) is -3.89. The third-order valence-electron chi connectivity index (χ3n) is 2.44. The molecule has 0 aliphatic carbocycles. The molecule has 0 aliphatic heterocycles. The summed E-state index contributed by atoms with van der Waals surface area (Å²) in [6.07, 6.45) is 0. The molecule has 108 valence electrons. The van der Waals surface area contributed by atoms with Gasteiger partial charge in [0.1, 0.15) is 26.5 Å². The monoisotopic (exact) mass is 324 g/mol. The topological polar surface area (TPSA) is 127 Å². The number of sulfonamides is 1. The fourth-order valence-electron chi connectivity index (χ4n) is 1.51. The van der Waals surface area contributed by atoms with Gasteiger partial charge in [-0.25, -0.2) is 13.2 Å². The normalized spacial score (nSPS) is 10.8. The molecule has 0 amide bonds. The molecule has 9 heteroatoms. The first-order valence-electron chi connectivity index (χ1n) is 5.42. The molecule has 2 rings (SSSR count). The number of carboxylic acids is 1. The van der Waals surface area contributed by atoms with E-state index in [4.69, 9.17) is 10.4 Å². The first-order chi connectivity index (χ1) is 9.83. The Morgan fingerprint density at radius 2 is 2.00 bits per heavy atom. The molecule has 0 bridgehead atoms. The SMILES string of the molecule is N#Cc1ccc(S(=O)(=O)Nc2ccc(C(=O)O)c(O)c2)s1. The quantitative estimate of drug-likeness (QED) is 0.787. The lowest BCUT2D eigenvalue weighted by atomic mass is 10.2. The third-order valence-corrected chi connectivity index (χ3v) is 5.30. The molecule has 1 aromatic carbocycles. The highest BCUT2D eigenvalue weighted by Crippen LogP contribution is 2.26. The van der Waals surface area contributed by atoms with Gasteiger partial charge in [0, 0.05) is 6.07 Å². The Bertz CT molecular complexity index is 849. The lowest BCUT2D eigenvalue weighted by molar-refractivity contribution is 0.0694. The van der Waals surface area contributed by atoms with Gasteiger partial charge < -0.3 is 10.2 Å². The molecular weight excluding hydrogens is 316 g/mol. The van der Waals surface area contributed by atoms with E-state index >= 15 is 0 Å². The van der Waals surface area contributed by atoms with E-state index in [9.17, 15) is 18.3 Å². The molecule has 7 nitrogen and oxygen atoms in total. The first kappa shape index (κ1) is 14.8. The standard InChI is InChI=1S/C12H8N2O5S2/c13-6-8-2-4-11(20-8)21(18,19)14-7-1-3-9(12(16)17)10(15)5-7/h1-5,14-15H,(H,16,17). The molecule has 1 heterocycles. The van der Waals surface area contributed by atoms with Gasteiger partial charge in [-0.1, -0.05) is 0 Å². The minimum Gasteiger partial charge on any atom is -0.507 e. The molecule has 3 N–H and O–H groups in total. The zero-order chi connectivity index (χ0) is 15.6. The number of benzene rings is 1. The van der Waals surface area contributed by atoms with Crippen molar-refractivity contribution in [3.63, 3.8) is 0 Å². The Morgan fingerprint density at radius 1 is 1.29 bits per heavy atom. The number of aromatic hydroxyl groups is 1. The van der Waals surface area contributed by atoms with Crippen LogP contribution in [0.3, 0.4) is 0 Å². The van der Waals surface area contributed by atoms with Gasteiger partial charge >= 0.3 is 5.97 Å². The first-order valence-corrected chi connectivity index (χ1v) is 7.72. The largest absolute Gasteiger partial charge is 0.507 e. The number of carboxylic acid groups (broad SMARTS) is 1. The summed E-state index contributed by atoms with van der Waals surface area (Å²) < 4.78 is 26.3. The van der Waals surface area contributed by atoms with Gasteiger partial charge in [0.2, 0.25) is 0 Å². The second-order valence-corrected chi connectivity index (χ2v) is 6.87. The number of thiophene rings is 1. The molecule has 0 fully saturated rings. The van der Waals surface area contributed by atoms with Crippen LogP contribution >= 0.6 is 11.3 Å². The van der Waals surface area contributed by atoms with Crippen LogP contribution in [0, 0.1) is 11.3 Å². The summed E-state index contributed by atoms with van der Waals surface area (Å²) in [5.41, 5.74) is -0.315. The number of nitriles is 1. The van der Waals surface area contributed by atoms with Crippen LogP contribution in [0.4, 0.5) is 5.69 Å². The zero-order valence-corrected chi connectivity index (χ0v) is 11.9. The number of nitrogens with zero attached hydrogens (tertiary/aromatic N) is 1. The Balaban J connectivity index is 2.31. The number of hydrogen-bond donors (Lipinski definition) is 3. The molecule has 0 radical (unpaired) electrons. The van der Waals surface area contributed by atoms with Gasteiger partial charge in [-0.3, -0.25) is 4.72 Å². The average molecular weight is 324 g/mol. The lowest BCUT2D eigenvalue weighted by Crippen LogP contribution is -2.11. The van der Waals surface area contributed by atoms with Crippen LogP contribution in [0.2, 0.25) is 0 Å². The molecule has 21 heavy (non-hydrogen) atoms. The number of aromatic carboxylic acids is 1. The molecule has 0 atom stereocenters. The number of phenols is 1. The van der Waals surface area contributed by atoms with E-state index in [2.05, 4.69) is 4.72 Å². The van der Waals surface area contributed by atoms with Gasteiger partial charge in [0.15, 0.2) is 0 Å². The fraction of sp³-hybridized carbons (Fsp3) is 0. The average Bonchev–Trinajstić information content (AvgIpc) is 2.87. The van der Waals surface area contributed by atoms with Crippen LogP contribution in [0.5, 0.6) is 5.75 Å². The van der Waals surface area contributed by atoms with Crippen molar-refractivity contribution in [3.05, 3.63) is 40.8 Å². The Labute approximate surface area is 123 Å². The van der Waals surface area contributed by atoms with Crippen LogP contribution < -0.4 is 4.72 Å². The van der Waals surface area contributed by atoms with Crippen LogP contribution in [-0.2, 0) is 10.0 Å². The van der Waals surface area contributed by atoms with Crippen LogP contribution in [0.25, 0.3) is 0 Å². The molecule has 0 aliphatic rings. The van der Waals surface area contributed by atoms with Gasteiger partial charge in [0.05, 0.1) is 5.69 Å². The summed E-state index contributed by atoms with van der Waals surface area (Å²) in [6.45, 7) is 0. The number of rotatable bonds is 4. The van der Waals surface area contributed by atoms with E-state index in [1.807, 2.05) is 6.07 Å². The summed E-state index contributed by atoms with van der Waals surface area (Å²) in [5, 5.41) is 27.0. The Kier molecular flexibility index (Phi) is 3.84. The fourth-order valence-corrected chi connectivity index (χ4v) is 3.66. The van der Waals surface area contributed by atoms with Crippen molar-refractivity contribution in [1.29, 1.82) is 5.26 Å². The molecule has 0 unspecified atom stereocenters. The van der Waals surface area contributed by atoms with Crippen LogP contribution in [-0.4, -0.2) is 24.6 Å². The molecular formula is C12H8N2O5S2. The summed E-state index contributed by atoms with van der Waals surface area (Å²) in [4.78, 5) is 11.0. The van der Waals surface area contributed by atoms with Crippen molar-refractivity contribution in [2.75, 3.05) is 4.72 Å². The molecule has 0 spiro atoms. The summed E-state index contributed by atoms with van der Waals surface area (Å²) in [6, 6.07) is 7.81. The van der Waals surface area contributed by atoms with E-state index in [1.54, 1.807) is 0 Å². The lowest BCUT2D eigenvalue weighted by Gasteiger charge is -2.07. The van der Waals surface area contributed by atoms with Crippen molar-refractivity contribution in [1.82, 2.24) is 0 Å². The maximum atomic E-state index is 12.1. The second kappa shape index (κ2) is 5.43. The van der Waals surface area contributed by atoms with E-state index in [-0.39, 0.29) is 20.3 Å². The Hall–Kier alpha value is -2.57. The third kappa shape index (κ3) is 3.13. The van der Waals surface area contributed by atoms with Crippen LogP contribution in [0.1, 0.15) is 15.2 Å². The van der Waals surface area contributed by atoms with Gasteiger partial charge in [-0.05, 0) is 24.3 Å². The maximum absolute atomic E-state index is 12.1. The van der Waals surface area contributed by atoms with Crippen LogP contribution in [0.15, 0.2) is 34.5 Å². The van der Waals surface area contributed by atoms with E-state index in [0.29, 0.717) is 0 Å². The minimum absolute atomic E-state index is 0.0180. The van der Waals surface area contributed by atoms with E-state index < -0.39 is 21.7 Å². The minimum atomic E-state index is -3.89. The van der Waals surface area contributed by atoms with Crippen molar-refractivity contribution >= 4 is 33.0 Å². The molecule has 0 saturated heterocycles.